The van der Waals surface area contributed by atoms with Crippen LogP contribution in [0.3, 0.4) is 0 Å². The van der Waals surface area contributed by atoms with Crippen molar-refractivity contribution in [1.29, 1.82) is 0 Å². The van der Waals surface area contributed by atoms with Crippen molar-refractivity contribution in [2.24, 2.45) is 0 Å². The SMILES string of the molecule is COCC1(S(=O)(=O)NS(=O)(=O)C2CC2c2cccc(Cl)c2)CC1. The molecule has 2 atom stereocenters. The van der Waals surface area contributed by atoms with Gasteiger partial charge in [-0.15, -0.1) is 4.13 Å². The second-order valence-corrected chi connectivity index (χ2v) is 10.9. The third-order valence-corrected chi connectivity index (χ3v) is 9.44. The van der Waals surface area contributed by atoms with Crippen LogP contribution in [-0.2, 0) is 24.8 Å². The Kier molecular flexibility index (Phi) is 4.25. The number of methoxy groups -OCH3 is 1. The van der Waals surface area contributed by atoms with Crippen LogP contribution >= 0.6 is 11.6 Å². The maximum Gasteiger partial charge on any atom is 0.232 e. The Hall–Kier alpha value is -0.670. The van der Waals surface area contributed by atoms with Gasteiger partial charge in [-0.3, -0.25) is 0 Å². The van der Waals surface area contributed by atoms with Crippen LogP contribution in [0.4, 0.5) is 0 Å². The molecule has 9 heteroatoms. The van der Waals surface area contributed by atoms with Crippen LogP contribution in [0.2, 0.25) is 5.02 Å². The molecule has 0 radical (unpaired) electrons. The van der Waals surface area contributed by atoms with Gasteiger partial charge in [-0.2, -0.15) is 0 Å². The van der Waals surface area contributed by atoms with Gasteiger partial charge in [-0.05, 0) is 37.0 Å². The second kappa shape index (κ2) is 5.70. The molecule has 2 aliphatic carbocycles. The summed E-state index contributed by atoms with van der Waals surface area (Å²) in [6.07, 6.45) is 1.21. The van der Waals surface area contributed by atoms with Crippen LogP contribution in [0.1, 0.15) is 30.7 Å². The van der Waals surface area contributed by atoms with Crippen molar-refractivity contribution in [3.8, 4) is 0 Å². The van der Waals surface area contributed by atoms with E-state index in [2.05, 4.69) is 0 Å². The number of halogens is 1. The zero-order valence-electron chi connectivity index (χ0n) is 12.5. The summed E-state index contributed by atoms with van der Waals surface area (Å²) in [7, 11) is -6.53. The van der Waals surface area contributed by atoms with E-state index in [4.69, 9.17) is 16.3 Å². The summed E-state index contributed by atoms with van der Waals surface area (Å²) in [5.41, 5.74) is 0.809. The summed E-state index contributed by atoms with van der Waals surface area (Å²) in [6.45, 7) is 0.000240. The molecule has 2 saturated carbocycles. The van der Waals surface area contributed by atoms with Crippen LogP contribution in [0.15, 0.2) is 24.3 Å². The van der Waals surface area contributed by atoms with Crippen molar-refractivity contribution in [3.05, 3.63) is 34.9 Å². The molecule has 0 bridgehead atoms. The van der Waals surface area contributed by atoms with Crippen LogP contribution in [-0.4, -0.2) is 40.5 Å². The highest BCUT2D eigenvalue weighted by molar-refractivity contribution is 8.05. The fourth-order valence-electron chi connectivity index (χ4n) is 2.80. The van der Waals surface area contributed by atoms with E-state index in [1.807, 2.05) is 4.13 Å². The highest BCUT2D eigenvalue weighted by atomic mass is 35.5. The monoisotopic (exact) mass is 379 g/mol. The first kappa shape index (κ1) is 17.2. The van der Waals surface area contributed by atoms with Gasteiger partial charge in [0.15, 0.2) is 0 Å². The Bertz CT molecular complexity index is 817. The largest absolute Gasteiger partial charge is 0.383 e. The smallest absolute Gasteiger partial charge is 0.232 e. The Morgan fingerprint density at radius 2 is 2.00 bits per heavy atom. The van der Waals surface area contributed by atoms with Crippen molar-refractivity contribution in [2.45, 2.75) is 35.2 Å². The van der Waals surface area contributed by atoms with E-state index in [0.717, 1.165) is 5.56 Å². The van der Waals surface area contributed by atoms with Crippen LogP contribution < -0.4 is 4.13 Å². The third kappa shape index (κ3) is 3.28. The topological polar surface area (TPSA) is 89.5 Å². The van der Waals surface area contributed by atoms with Gasteiger partial charge in [0.2, 0.25) is 20.0 Å². The molecule has 0 heterocycles. The molecule has 128 valence electrons. The minimum atomic E-state index is -3.98. The molecular formula is C14H18ClNO5S2. The molecule has 2 aliphatic rings. The lowest BCUT2D eigenvalue weighted by molar-refractivity contribution is 0.191. The molecular weight excluding hydrogens is 362 g/mol. The van der Waals surface area contributed by atoms with Gasteiger partial charge >= 0.3 is 0 Å². The van der Waals surface area contributed by atoms with Gasteiger partial charge in [0.05, 0.1) is 11.9 Å². The summed E-state index contributed by atoms with van der Waals surface area (Å²) in [6, 6.07) is 6.97. The van der Waals surface area contributed by atoms with E-state index >= 15 is 0 Å². The predicted octanol–water partition coefficient (Wildman–Crippen LogP) is 1.62. The third-order valence-electron chi connectivity index (χ3n) is 4.42. The molecule has 0 aromatic heterocycles. The Balaban J connectivity index is 1.74. The maximum atomic E-state index is 12.4. The Morgan fingerprint density at radius 1 is 1.30 bits per heavy atom. The summed E-state index contributed by atoms with van der Waals surface area (Å²) in [5.74, 6) is -0.223. The van der Waals surface area contributed by atoms with Gasteiger partial charge in [-0.1, -0.05) is 23.7 Å². The molecule has 2 fully saturated rings. The number of hydrogen-bond donors (Lipinski definition) is 1. The first-order valence-corrected chi connectivity index (χ1v) is 10.6. The summed E-state index contributed by atoms with van der Waals surface area (Å²) >= 11 is 5.91. The zero-order chi connectivity index (χ0) is 16.9. The zero-order valence-corrected chi connectivity index (χ0v) is 14.9. The van der Waals surface area contributed by atoms with Crippen LogP contribution in [0, 0.1) is 0 Å². The van der Waals surface area contributed by atoms with Crippen molar-refractivity contribution in [2.75, 3.05) is 13.7 Å². The predicted molar refractivity (Wildman–Crippen MR) is 87.4 cm³/mol. The summed E-state index contributed by atoms with van der Waals surface area (Å²) < 4.78 is 55.2. The number of ether oxygens (including phenoxy) is 1. The lowest BCUT2D eigenvalue weighted by Crippen LogP contribution is -2.43. The average molecular weight is 380 g/mol. The lowest BCUT2D eigenvalue weighted by atomic mass is 10.1. The van der Waals surface area contributed by atoms with E-state index < -0.39 is 30.0 Å². The van der Waals surface area contributed by atoms with Crippen molar-refractivity contribution in [3.63, 3.8) is 0 Å². The van der Waals surface area contributed by atoms with Gasteiger partial charge in [0.1, 0.15) is 4.75 Å². The second-order valence-electron chi connectivity index (χ2n) is 6.18. The van der Waals surface area contributed by atoms with Crippen molar-refractivity contribution in [1.82, 2.24) is 4.13 Å². The molecule has 3 rings (SSSR count). The van der Waals surface area contributed by atoms with E-state index in [1.54, 1.807) is 24.3 Å². The maximum absolute atomic E-state index is 12.4. The lowest BCUT2D eigenvalue weighted by Gasteiger charge is -2.16. The number of rotatable bonds is 7. The van der Waals surface area contributed by atoms with E-state index in [-0.39, 0.29) is 12.5 Å². The van der Waals surface area contributed by atoms with Gasteiger partial charge in [0.25, 0.3) is 0 Å². The molecule has 1 aromatic rings. The molecule has 1 aromatic carbocycles. The minimum Gasteiger partial charge on any atom is -0.383 e. The van der Waals surface area contributed by atoms with Gasteiger partial charge in [0, 0.05) is 18.1 Å². The summed E-state index contributed by atoms with van der Waals surface area (Å²) in [4.78, 5) is 0. The number of nitrogens with one attached hydrogen (secondary N) is 1. The highest BCUT2D eigenvalue weighted by Gasteiger charge is 2.58. The molecule has 23 heavy (non-hydrogen) atoms. The Morgan fingerprint density at radius 3 is 2.57 bits per heavy atom. The molecule has 1 N–H and O–H groups in total. The number of benzene rings is 1. The van der Waals surface area contributed by atoms with Crippen molar-refractivity contribution >= 4 is 31.6 Å². The molecule has 0 saturated heterocycles. The molecule has 0 aliphatic heterocycles. The van der Waals surface area contributed by atoms with Gasteiger partial charge in [-0.25, -0.2) is 16.8 Å². The van der Waals surface area contributed by atoms with E-state index in [1.165, 1.54) is 7.11 Å². The van der Waals surface area contributed by atoms with Crippen molar-refractivity contribution < 1.29 is 21.6 Å². The normalized spacial score (nSPS) is 26.0. The number of hydrogen-bond acceptors (Lipinski definition) is 5. The fourth-order valence-corrected chi connectivity index (χ4v) is 7.39. The van der Waals surface area contributed by atoms with Crippen LogP contribution in [0.5, 0.6) is 0 Å². The number of sulfonamides is 2. The van der Waals surface area contributed by atoms with E-state index in [0.29, 0.717) is 24.3 Å². The minimum absolute atomic E-state index is 0.000240. The molecule has 6 nitrogen and oxygen atoms in total. The molecule has 0 spiro atoms. The summed E-state index contributed by atoms with van der Waals surface area (Å²) in [5, 5.41) is -0.211. The fraction of sp³-hybridized carbons (Fsp3) is 0.571. The Labute approximate surface area is 141 Å². The first-order chi connectivity index (χ1) is 10.7. The standard InChI is InChI=1S/C14H18ClNO5S2/c1-21-9-14(5-6-14)23(19,20)16-22(17,18)13-8-12(13)10-3-2-4-11(15)7-10/h2-4,7,12-13,16H,5-6,8-9H2,1H3. The molecule has 0 amide bonds. The average Bonchev–Trinajstić information content (AvgIpc) is 3.32. The van der Waals surface area contributed by atoms with E-state index in [9.17, 15) is 16.8 Å². The highest BCUT2D eigenvalue weighted by Crippen LogP contribution is 2.48. The first-order valence-electron chi connectivity index (χ1n) is 7.22. The van der Waals surface area contributed by atoms with Gasteiger partial charge < -0.3 is 4.74 Å². The van der Waals surface area contributed by atoms with Crippen LogP contribution in [0.25, 0.3) is 0 Å². The molecule has 2 unspecified atom stereocenters. The quantitative estimate of drug-likeness (QED) is 0.777.